The highest BCUT2D eigenvalue weighted by molar-refractivity contribution is 4.90. The minimum Gasteiger partial charge on any atom is -0.310 e. The Bertz CT molecular complexity index is 279. The summed E-state index contributed by atoms with van der Waals surface area (Å²) in [4.78, 5) is 2.85. The van der Waals surface area contributed by atoms with Crippen LogP contribution in [0.2, 0.25) is 0 Å². The van der Waals surface area contributed by atoms with Crippen molar-refractivity contribution in [1.82, 2.24) is 10.2 Å². The summed E-state index contributed by atoms with van der Waals surface area (Å²) in [5.74, 6) is 0.936. The Morgan fingerprint density at radius 3 is 2.25 bits per heavy atom. The van der Waals surface area contributed by atoms with E-state index in [9.17, 15) is 0 Å². The van der Waals surface area contributed by atoms with Crippen molar-refractivity contribution in [3.63, 3.8) is 0 Å². The molecule has 116 valence electrons. The topological polar surface area (TPSA) is 15.3 Å². The Morgan fingerprint density at radius 2 is 1.55 bits per heavy atom. The summed E-state index contributed by atoms with van der Waals surface area (Å²) >= 11 is 0. The molecule has 3 rings (SSSR count). The van der Waals surface area contributed by atoms with E-state index in [1.165, 1.54) is 83.7 Å². The second-order valence-corrected chi connectivity index (χ2v) is 7.60. The maximum absolute atomic E-state index is 4.03. The number of nitrogens with one attached hydrogen (secondary N) is 1. The Balaban J connectivity index is 1.55. The average molecular weight is 278 g/mol. The van der Waals surface area contributed by atoms with Gasteiger partial charge in [0.2, 0.25) is 0 Å². The molecule has 1 N–H and O–H groups in total. The molecule has 20 heavy (non-hydrogen) atoms. The highest BCUT2D eigenvalue weighted by Crippen LogP contribution is 2.30. The van der Waals surface area contributed by atoms with E-state index in [2.05, 4.69) is 17.1 Å². The minimum absolute atomic E-state index is 0.775. The molecule has 0 aromatic rings. The summed E-state index contributed by atoms with van der Waals surface area (Å²) in [5, 5.41) is 4.03. The van der Waals surface area contributed by atoms with E-state index in [4.69, 9.17) is 0 Å². The zero-order valence-electron chi connectivity index (χ0n) is 13.4. The lowest BCUT2D eigenvalue weighted by Gasteiger charge is -2.42. The molecule has 0 radical (unpaired) electrons. The van der Waals surface area contributed by atoms with Crippen LogP contribution in [-0.2, 0) is 0 Å². The molecule has 0 amide bonds. The molecule has 2 heteroatoms. The largest absolute Gasteiger partial charge is 0.310 e. The van der Waals surface area contributed by atoms with Crippen LogP contribution in [-0.4, -0.2) is 36.1 Å². The second-order valence-electron chi connectivity index (χ2n) is 7.60. The molecule has 1 heterocycles. The molecule has 1 saturated heterocycles. The second kappa shape index (κ2) is 7.26. The van der Waals surface area contributed by atoms with Gasteiger partial charge in [-0.25, -0.2) is 0 Å². The van der Waals surface area contributed by atoms with Crippen LogP contribution < -0.4 is 5.32 Å². The predicted octanol–water partition coefficient (Wildman–Crippen LogP) is 3.95. The van der Waals surface area contributed by atoms with Gasteiger partial charge in [-0.15, -0.1) is 0 Å². The Labute approximate surface area is 125 Å². The third kappa shape index (κ3) is 3.76. The van der Waals surface area contributed by atoms with Gasteiger partial charge in [0.25, 0.3) is 0 Å². The first-order valence-electron chi connectivity index (χ1n) is 9.35. The zero-order valence-corrected chi connectivity index (χ0v) is 13.4. The standard InChI is InChI=1S/C18H34N2/c1-2-15-12-17(19-16-8-4-3-5-9-16)14-20(13-15)18-10-6-7-11-18/h15-19H,2-14H2,1H3. The molecule has 2 saturated carbocycles. The fourth-order valence-corrected chi connectivity index (χ4v) is 4.83. The molecular formula is C18H34N2. The summed E-state index contributed by atoms with van der Waals surface area (Å²) < 4.78 is 0. The molecule has 2 aliphatic carbocycles. The molecule has 0 aromatic carbocycles. The molecule has 0 bridgehead atoms. The molecule has 0 spiro atoms. The van der Waals surface area contributed by atoms with Crippen LogP contribution in [0.4, 0.5) is 0 Å². The number of rotatable bonds is 4. The third-order valence-electron chi connectivity index (χ3n) is 6.06. The van der Waals surface area contributed by atoms with Crippen molar-refractivity contribution in [1.29, 1.82) is 0 Å². The Morgan fingerprint density at radius 1 is 0.850 bits per heavy atom. The maximum Gasteiger partial charge on any atom is 0.0200 e. The summed E-state index contributed by atoms with van der Waals surface area (Å²) in [7, 11) is 0. The molecule has 3 aliphatic rings. The first-order valence-corrected chi connectivity index (χ1v) is 9.35. The summed E-state index contributed by atoms with van der Waals surface area (Å²) in [5.41, 5.74) is 0. The minimum atomic E-state index is 0.775. The lowest BCUT2D eigenvalue weighted by atomic mass is 9.88. The van der Waals surface area contributed by atoms with Crippen molar-refractivity contribution in [3.8, 4) is 0 Å². The van der Waals surface area contributed by atoms with Gasteiger partial charge in [-0.1, -0.05) is 45.4 Å². The van der Waals surface area contributed by atoms with E-state index in [0.29, 0.717) is 0 Å². The van der Waals surface area contributed by atoms with Gasteiger partial charge in [-0.3, -0.25) is 4.90 Å². The molecule has 3 fully saturated rings. The van der Waals surface area contributed by atoms with Crippen molar-refractivity contribution in [2.75, 3.05) is 13.1 Å². The van der Waals surface area contributed by atoms with Crippen LogP contribution >= 0.6 is 0 Å². The van der Waals surface area contributed by atoms with Crippen LogP contribution in [0, 0.1) is 5.92 Å². The molecule has 0 aromatic heterocycles. The van der Waals surface area contributed by atoms with Crippen molar-refractivity contribution in [2.45, 2.75) is 95.7 Å². The number of hydrogen-bond donors (Lipinski definition) is 1. The molecule has 1 aliphatic heterocycles. The Kier molecular flexibility index (Phi) is 5.39. The lowest BCUT2D eigenvalue weighted by Crippen LogP contribution is -2.54. The van der Waals surface area contributed by atoms with Crippen molar-refractivity contribution in [3.05, 3.63) is 0 Å². The van der Waals surface area contributed by atoms with Crippen LogP contribution in [0.3, 0.4) is 0 Å². The van der Waals surface area contributed by atoms with E-state index in [-0.39, 0.29) is 0 Å². The number of hydrogen-bond acceptors (Lipinski definition) is 2. The van der Waals surface area contributed by atoms with Crippen LogP contribution in [0.15, 0.2) is 0 Å². The van der Waals surface area contributed by atoms with Crippen molar-refractivity contribution < 1.29 is 0 Å². The summed E-state index contributed by atoms with van der Waals surface area (Å²) in [6.45, 7) is 5.10. The van der Waals surface area contributed by atoms with Crippen molar-refractivity contribution in [2.24, 2.45) is 5.92 Å². The van der Waals surface area contributed by atoms with Gasteiger partial charge in [0.1, 0.15) is 0 Å². The van der Waals surface area contributed by atoms with E-state index in [0.717, 1.165) is 24.0 Å². The van der Waals surface area contributed by atoms with E-state index >= 15 is 0 Å². The summed E-state index contributed by atoms with van der Waals surface area (Å²) in [6, 6.07) is 2.52. The SMILES string of the molecule is CCC1CC(NC2CCCCC2)CN(C2CCCC2)C1. The van der Waals surface area contributed by atoms with Gasteiger partial charge in [0, 0.05) is 31.2 Å². The maximum atomic E-state index is 4.03. The predicted molar refractivity (Wildman–Crippen MR) is 86.0 cm³/mol. The van der Waals surface area contributed by atoms with Gasteiger partial charge in [-0.05, 0) is 38.0 Å². The highest BCUT2D eigenvalue weighted by atomic mass is 15.2. The number of likely N-dealkylation sites (tertiary alicyclic amines) is 1. The van der Waals surface area contributed by atoms with E-state index in [1.54, 1.807) is 0 Å². The fourth-order valence-electron chi connectivity index (χ4n) is 4.83. The van der Waals surface area contributed by atoms with Gasteiger partial charge in [0.05, 0.1) is 0 Å². The van der Waals surface area contributed by atoms with Gasteiger partial charge >= 0.3 is 0 Å². The normalized spacial score (nSPS) is 34.6. The number of nitrogens with zero attached hydrogens (tertiary/aromatic N) is 1. The fraction of sp³-hybridized carbons (Fsp3) is 1.00. The quantitative estimate of drug-likeness (QED) is 0.837. The van der Waals surface area contributed by atoms with Gasteiger partial charge in [-0.2, -0.15) is 0 Å². The van der Waals surface area contributed by atoms with Crippen molar-refractivity contribution >= 4 is 0 Å². The smallest absolute Gasteiger partial charge is 0.0200 e. The van der Waals surface area contributed by atoms with Gasteiger partial charge in [0.15, 0.2) is 0 Å². The number of piperidine rings is 1. The van der Waals surface area contributed by atoms with Gasteiger partial charge < -0.3 is 5.32 Å². The zero-order chi connectivity index (χ0) is 13.8. The first kappa shape index (κ1) is 14.8. The summed E-state index contributed by atoms with van der Waals surface area (Å²) in [6.07, 6.45) is 15.9. The third-order valence-corrected chi connectivity index (χ3v) is 6.06. The van der Waals surface area contributed by atoms with Crippen LogP contribution in [0.25, 0.3) is 0 Å². The molecule has 2 nitrogen and oxygen atoms in total. The monoisotopic (exact) mass is 278 g/mol. The molecule has 2 unspecified atom stereocenters. The highest BCUT2D eigenvalue weighted by Gasteiger charge is 2.32. The molecular weight excluding hydrogens is 244 g/mol. The molecule has 2 atom stereocenters. The average Bonchev–Trinajstić information content (AvgIpc) is 3.02. The van der Waals surface area contributed by atoms with E-state index in [1.807, 2.05) is 0 Å². The first-order chi connectivity index (χ1) is 9.85. The van der Waals surface area contributed by atoms with E-state index < -0.39 is 0 Å². The lowest BCUT2D eigenvalue weighted by molar-refractivity contribution is 0.0904. The van der Waals surface area contributed by atoms with Crippen LogP contribution in [0.5, 0.6) is 0 Å². The van der Waals surface area contributed by atoms with Crippen LogP contribution in [0.1, 0.15) is 77.6 Å². The Hall–Kier alpha value is -0.0800.